The highest BCUT2D eigenvalue weighted by atomic mass is 35.5. The van der Waals surface area contributed by atoms with Gasteiger partial charge in [0.25, 0.3) is 0 Å². The molecule has 7 heteroatoms. The molecule has 6 nitrogen and oxygen atoms in total. The summed E-state index contributed by atoms with van der Waals surface area (Å²) in [6, 6.07) is -0.843. The van der Waals surface area contributed by atoms with E-state index < -0.39 is 36.5 Å². The monoisotopic (exact) mass is 239 g/mol. The van der Waals surface area contributed by atoms with E-state index in [0.29, 0.717) is 0 Å². The molecule has 1 amide bonds. The molecule has 0 aromatic carbocycles. The van der Waals surface area contributed by atoms with Gasteiger partial charge >= 0.3 is 0 Å². The highest BCUT2D eigenvalue weighted by molar-refractivity contribution is 6.21. The maximum Gasteiger partial charge on any atom is 0.217 e. The lowest BCUT2D eigenvalue weighted by molar-refractivity contribution is -0.214. The molecule has 0 spiro atoms. The van der Waals surface area contributed by atoms with Crippen LogP contribution < -0.4 is 5.32 Å². The van der Waals surface area contributed by atoms with Gasteiger partial charge in [-0.05, 0) is 0 Å². The predicted molar refractivity (Wildman–Crippen MR) is 51.2 cm³/mol. The molecule has 1 aliphatic rings. The number of carbonyl (C=O) groups excluding carboxylic acids is 1. The van der Waals surface area contributed by atoms with E-state index in [-0.39, 0.29) is 5.91 Å². The van der Waals surface area contributed by atoms with Crippen LogP contribution in [-0.4, -0.2) is 57.8 Å². The number of hydrogen-bond donors (Lipinski definition) is 4. The summed E-state index contributed by atoms with van der Waals surface area (Å²) in [6.45, 7) is 0.810. The molecule has 0 aromatic heterocycles. The number of halogens is 1. The number of amides is 1. The Morgan fingerprint density at radius 1 is 1.53 bits per heavy atom. The first-order valence-electron chi connectivity index (χ1n) is 4.51. The Kier molecular flexibility index (Phi) is 4.30. The van der Waals surface area contributed by atoms with E-state index in [1.807, 2.05) is 0 Å². The van der Waals surface area contributed by atoms with Crippen molar-refractivity contribution < 1.29 is 24.9 Å². The lowest BCUT2D eigenvalue weighted by Crippen LogP contribution is -2.62. The maximum absolute atomic E-state index is 10.8. The lowest BCUT2D eigenvalue weighted by Gasteiger charge is -2.40. The Bertz CT molecular complexity index is 239. The molecule has 1 heterocycles. The normalized spacial score (nSPS) is 41.3. The minimum absolute atomic E-state index is 0.379. The number of hydrogen-bond acceptors (Lipinski definition) is 5. The molecule has 0 aromatic rings. The van der Waals surface area contributed by atoms with Crippen LogP contribution in [0.1, 0.15) is 6.92 Å². The Labute approximate surface area is 91.8 Å². The summed E-state index contributed by atoms with van der Waals surface area (Å²) in [5, 5.41) is 29.3. The summed E-state index contributed by atoms with van der Waals surface area (Å²) >= 11 is 5.76. The fourth-order valence-corrected chi connectivity index (χ4v) is 1.75. The average molecular weight is 240 g/mol. The van der Waals surface area contributed by atoms with Gasteiger partial charge in [0.1, 0.15) is 17.6 Å². The largest absolute Gasteiger partial charge is 0.394 e. The van der Waals surface area contributed by atoms with Crippen LogP contribution in [0.3, 0.4) is 0 Å². The quantitative estimate of drug-likeness (QED) is 0.425. The van der Waals surface area contributed by atoms with Gasteiger partial charge in [-0.3, -0.25) is 4.79 Å². The molecule has 0 aliphatic carbocycles. The summed E-state index contributed by atoms with van der Waals surface area (Å²) in [5.74, 6) is -0.379. The molecule has 0 saturated carbocycles. The minimum Gasteiger partial charge on any atom is -0.394 e. The molecule has 15 heavy (non-hydrogen) atoms. The highest BCUT2D eigenvalue weighted by Crippen LogP contribution is 2.23. The summed E-state index contributed by atoms with van der Waals surface area (Å²) in [6.07, 6.45) is -3.43. The van der Waals surface area contributed by atoms with E-state index >= 15 is 0 Å². The summed E-state index contributed by atoms with van der Waals surface area (Å²) in [7, 11) is 0. The first-order chi connectivity index (χ1) is 6.97. The van der Waals surface area contributed by atoms with Gasteiger partial charge in [-0.1, -0.05) is 0 Å². The van der Waals surface area contributed by atoms with Gasteiger partial charge in [0, 0.05) is 6.92 Å². The van der Waals surface area contributed by atoms with Gasteiger partial charge in [0.15, 0.2) is 6.29 Å². The van der Waals surface area contributed by atoms with Gasteiger partial charge in [0.2, 0.25) is 5.91 Å². The first kappa shape index (κ1) is 12.7. The molecular formula is C8H14ClNO5. The van der Waals surface area contributed by atoms with Crippen molar-refractivity contribution in [3.8, 4) is 0 Å². The van der Waals surface area contributed by atoms with Crippen molar-refractivity contribution in [1.82, 2.24) is 5.32 Å². The Morgan fingerprint density at radius 3 is 2.60 bits per heavy atom. The van der Waals surface area contributed by atoms with E-state index in [2.05, 4.69) is 5.32 Å². The van der Waals surface area contributed by atoms with Crippen LogP contribution in [0.5, 0.6) is 0 Å². The van der Waals surface area contributed by atoms with Crippen molar-refractivity contribution >= 4 is 17.5 Å². The number of aliphatic hydroxyl groups is 3. The van der Waals surface area contributed by atoms with Crippen LogP contribution in [0, 0.1) is 0 Å². The number of aliphatic hydroxyl groups excluding tert-OH is 3. The summed E-state index contributed by atoms with van der Waals surface area (Å²) in [4.78, 5) is 10.8. The number of carbonyl (C=O) groups is 1. The standard InChI is InChI=1S/C8H14ClNO5/c1-3(12)10-6-5(9)8(14)15-4(2-11)7(6)13/h4-8,11,13-14H,2H2,1H3,(H,10,12)/t4-,5-,6-,7-,8+/m1/s1. The van der Waals surface area contributed by atoms with Crippen LogP contribution in [0.2, 0.25) is 0 Å². The predicted octanol–water partition coefficient (Wildman–Crippen LogP) is -1.83. The van der Waals surface area contributed by atoms with Crippen LogP contribution >= 0.6 is 11.6 Å². The average Bonchev–Trinajstić information content (AvgIpc) is 2.18. The third-order valence-electron chi connectivity index (χ3n) is 2.23. The Hall–Kier alpha value is -0.400. The highest BCUT2D eigenvalue weighted by Gasteiger charge is 2.43. The van der Waals surface area contributed by atoms with Gasteiger partial charge in [-0.2, -0.15) is 0 Å². The number of alkyl halides is 1. The van der Waals surface area contributed by atoms with Crippen LogP contribution in [-0.2, 0) is 9.53 Å². The van der Waals surface area contributed by atoms with Crippen molar-refractivity contribution in [2.45, 2.75) is 36.8 Å². The van der Waals surface area contributed by atoms with E-state index in [1.165, 1.54) is 6.92 Å². The van der Waals surface area contributed by atoms with Crippen molar-refractivity contribution in [3.63, 3.8) is 0 Å². The molecule has 0 bridgehead atoms. The van der Waals surface area contributed by atoms with Crippen molar-refractivity contribution in [3.05, 3.63) is 0 Å². The molecular weight excluding hydrogens is 226 g/mol. The molecule has 1 aliphatic heterocycles. The smallest absolute Gasteiger partial charge is 0.217 e. The molecule has 4 N–H and O–H groups in total. The molecule has 0 unspecified atom stereocenters. The molecule has 1 saturated heterocycles. The molecule has 0 radical (unpaired) electrons. The minimum atomic E-state index is -1.33. The van der Waals surface area contributed by atoms with E-state index in [4.69, 9.17) is 21.4 Å². The van der Waals surface area contributed by atoms with Crippen molar-refractivity contribution in [2.75, 3.05) is 6.61 Å². The first-order valence-corrected chi connectivity index (χ1v) is 4.94. The third-order valence-corrected chi connectivity index (χ3v) is 2.72. The number of nitrogens with one attached hydrogen (secondary N) is 1. The SMILES string of the molecule is CC(=O)N[C@H]1[C@H](O)[C@@H](CO)O[C@H](O)[C@@H]1Cl. The van der Waals surface area contributed by atoms with Gasteiger partial charge in [0.05, 0.1) is 12.6 Å². The van der Waals surface area contributed by atoms with E-state index in [0.717, 1.165) is 0 Å². The second kappa shape index (κ2) is 5.09. The van der Waals surface area contributed by atoms with Crippen LogP contribution in [0.4, 0.5) is 0 Å². The Balaban J connectivity index is 2.74. The summed E-state index contributed by atoms with van der Waals surface area (Å²) < 4.78 is 4.84. The lowest BCUT2D eigenvalue weighted by atomic mass is 9.98. The zero-order chi connectivity index (χ0) is 11.6. The van der Waals surface area contributed by atoms with Crippen molar-refractivity contribution in [1.29, 1.82) is 0 Å². The van der Waals surface area contributed by atoms with Crippen LogP contribution in [0.25, 0.3) is 0 Å². The topological polar surface area (TPSA) is 99.0 Å². The zero-order valence-electron chi connectivity index (χ0n) is 8.13. The second-order valence-corrected chi connectivity index (χ2v) is 3.91. The molecule has 88 valence electrons. The Morgan fingerprint density at radius 2 is 2.13 bits per heavy atom. The molecule has 1 rings (SSSR count). The van der Waals surface area contributed by atoms with E-state index in [9.17, 15) is 15.0 Å². The maximum atomic E-state index is 10.8. The third kappa shape index (κ3) is 2.79. The van der Waals surface area contributed by atoms with Gasteiger partial charge in [-0.25, -0.2) is 0 Å². The fraction of sp³-hybridized carbons (Fsp3) is 0.875. The molecule has 1 fully saturated rings. The van der Waals surface area contributed by atoms with E-state index in [1.54, 1.807) is 0 Å². The van der Waals surface area contributed by atoms with Gasteiger partial charge < -0.3 is 25.4 Å². The fourth-order valence-electron chi connectivity index (χ4n) is 1.48. The number of rotatable bonds is 2. The number of ether oxygens (including phenoxy) is 1. The van der Waals surface area contributed by atoms with Crippen molar-refractivity contribution in [2.24, 2.45) is 0 Å². The zero-order valence-corrected chi connectivity index (χ0v) is 8.89. The summed E-state index contributed by atoms with van der Waals surface area (Å²) in [5.41, 5.74) is 0. The molecule has 5 atom stereocenters. The second-order valence-electron chi connectivity index (χ2n) is 3.41. The van der Waals surface area contributed by atoms with Crippen LogP contribution in [0.15, 0.2) is 0 Å². The van der Waals surface area contributed by atoms with Gasteiger partial charge in [-0.15, -0.1) is 11.6 Å².